The van der Waals surface area contributed by atoms with Gasteiger partial charge in [-0.3, -0.25) is 4.79 Å². The van der Waals surface area contributed by atoms with Crippen molar-refractivity contribution in [1.82, 2.24) is 20.0 Å². The number of amides is 3. The third-order valence-corrected chi connectivity index (χ3v) is 5.16. The third-order valence-electron chi connectivity index (χ3n) is 5.16. The van der Waals surface area contributed by atoms with Gasteiger partial charge in [0.25, 0.3) is 0 Å². The first kappa shape index (κ1) is 21.0. The first-order valence-corrected chi connectivity index (χ1v) is 9.18. The number of rotatable bonds is 5. The minimum Gasteiger partial charge on any atom is -0.339 e. The van der Waals surface area contributed by atoms with Crippen molar-refractivity contribution in [2.45, 2.75) is 39.5 Å². The van der Waals surface area contributed by atoms with Crippen LogP contribution in [0.2, 0.25) is 0 Å². The second-order valence-corrected chi connectivity index (χ2v) is 6.55. The number of piperidine rings is 1. The molecule has 140 valence electrons. The van der Waals surface area contributed by atoms with Crippen molar-refractivity contribution in [3.05, 3.63) is 0 Å². The molecule has 1 N–H and O–H groups in total. The molecule has 0 spiro atoms. The number of urea groups is 1. The fourth-order valence-electron chi connectivity index (χ4n) is 3.50. The van der Waals surface area contributed by atoms with E-state index in [0.717, 1.165) is 32.6 Å². The third kappa shape index (κ3) is 5.81. The number of carbonyl (C=O) groups is 2. The summed E-state index contributed by atoms with van der Waals surface area (Å²) in [6, 6.07) is 0.108. The van der Waals surface area contributed by atoms with E-state index in [1.807, 2.05) is 28.5 Å². The maximum atomic E-state index is 12.4. The van der Waals surface area contributed by atoms with Gasteiger partial charge in [-0.05, 0) is 52.1 Å². The zero-order valence-corrected chi connectivity index (χ0v) is 15.9. The van der Waals surface area contributed by atoms with Gasteiger partial charge < -0.3 is 20.0 Å². The summed E-state index contributed by atoms with van der Waals surface area (Å²) < 4.78 is 0. The van der Waals surface area contributed by atoms with Gasteiger partial charge in [0, 0.05) is 45.7 Å². The normalized spacial score (nSPS) is 18.9. The zero-order valence-electron chi connectivity index (χ0n) is 15.1. The standard InChI is InChI=1S/C17H32N4O2.ClH/c1-3-19(4-2)17(23)21-13-11-20(12-14-21)16(22)6-5-15-7-9-18-10-8-15;/h15,18H,3-14H2,1-2H3;1H. The number of nitrogens with one attached hydrogen (secondary N) is 1. The Labute approximate surface area is 152 Å². The van der Waals surface area contributed by atoms with Gasteiger partial charge in [-0.15, -0.1) is 12.4 Å². The number of hydrogen-bond acceptors (Lipinski definition) is 3. The first-order chi connectivity index (χ1) is 11.2. The Morgan fingerprint density at radius 1 is 1.00 bits per heavy atom. The van der Waals surface area contributed by atoms with Crippen LogP contribution in [0.4, 0.5) is 4.79 Å². The van der Waals surface area contributed by atoms with Gasteiger partial charge in [0.1, 0.15) is 0 Å². The molecule has 6 nitrogen and oxygen atoms in total. The Kier molecular flexibility index (Phi) is 9.44. The molecule has 7 heteroatoms. The Balaban J connectivity index is 0.00000288. The van der Waals surface area contributed by atoms with Crippen molar-refractivity contribution in [3.8, 4) is 0 Å². The van der Waals surface area contributed by atoms with Gasteiger partial charge in [0.15, 0.2) is 0 Å². The van der Waals surface area contributed by atoms with Gasteiger partial charge in [0.2, 0.25) is 5.91 Å². The van der Waals surface area contributed by atoms with Gasteiger partial charge >= 0.3 is 6.03 Å². The number of nitrogens with zero attached hydrogens (tertiary/aromatic N) is 3. The lowest BCUT2D eigenvalue weighted by molar-refractivity contribution is -0.133. The van der Waals surface area contributed by atoms with E-state index < -0.39 is 0 Å². The molecule has 0 saturated carbocycles. The summed E-state index contributed by atoms with van der Waals surface area (Å²) in [4.78, 5) is 30.3. The summed E-state index contributed by atoms with van der Waals surface area (Å²) in [5.74, 6) is 0.962. The van der Waals surface area contributed by atoms with Crippen LogP contribution in [0.3, 0.4) is 0 Å². The SMILES string of the molecule is CCN(CC)C(=O)N1CCN(C(=O)CCC2CCNCC2)CC1.Cl. The molecule has 0 aliphatic carbocycles. The van der Waals surface area contributed by atoms with E-state index in [9.17, 15) is 9.59 Å². The molecule has 2 aliphatic rings. The van der Waals surface area contributed by atoms with Crippen molar-refractivity contribution in [1.29, 1.82) is 0 Å². The highest BCUT2D eigenvalue weighted by Gasteiger charge is 2.26. The minimum atomic E-state index is 0. The fourth-order valence-corrected chi connectivity index (χ4v) is 3.50. The van der Waals surface area contributed by atoms with Crippen molar-refractivity contribution in [2.75, 3.05) is 52.4 Å². The number of carbonyl (C=O) groups excluding carboxylic acids is 2. The van der Waals surface area contributed by atoms with Crippen LogP contribution >= 0.6 is 12.4 Å². The predicted octanol–water partition coefficient (Wildman–Crippen LogP) is 1.79. The monoisotopic (exact) mass is 360 g/mol. The molecule has 24 heavy (non-hydrogen) atoms. The van der Waals surface area contributed by atoms with Crippen LogP contribution in [0.5, 0.6) is 0 Å². The van der Waals surface area contributed by atoms with Crippen LogP contribution in [0.1, 0.15) is 39.5 Å². The molecule has 0 aromatic carbocycles. The van der Waals surface area contributed by atoms with E-state index in [4.69, 9.17) is 0 Å². The summed E-state index contributed by atoms with van der Waals surface area (Å²) in [6.07, 6.45) is 4.06. The summed E-state index contributed by atoms with van der Waals surface area (Å²) in [5.41, 5.74) is 0. The molecule has 3 amide bonds. The second kappa shape index (κ2) is 10.8. The number of piperazine rings is 1. The van der Waals surface area contributed by atoms with E-state index in [1.165, 1.54) is 12.8 Å². The average molecular weight is 361 g/mol. The highest BCUT2D eigenvalue weighted by Crippen LogP contribution is 2.18. The zero-order chi connectivity index (χ0) is 16.7. The van der Waals surface area contributed by atoms with E-state index in [0.29, 0.717) is 38.5 Å². The lowest BCUT2D eigenvalue weighted by Gasteiger charge is -2.37. The van der Waals surface area contributed by atoms with Crippen molar-refractivity contribution in [2.24, 2.45) is 5.92 Å². The van der Waals surface area contributed by atoms with Crippen molar-refractivity contribution < 1.29 is 9.59 Å². The second-order valence-electron chi connectivity index (χ2n) is 6.55. The predicted molar refractivity (Wildman–Crippen MR) is 98.5 cm³/mol. The molecule has 0 aromatic rings. The molecule has 0 unspecified atom stereocenters. The molecule has 0 bridgehead atoms. The van der Waals surface area contributed by atoms with Crippen LogP contribution in [0.25, 0.3) is 0 Å². The summed E-state index contributed by atoms with van der Waals surface area (Å²) >= 11 is 0. The van der Waals surface area contributed by atoms with E-state index in [2.05, 4.69) is 5.32 Å². The number of hydrogen-bond donors (Lipinski definition) is 1. The molecule has 0 radical (unpaired) electrons. The summed E-state index contributed by atoms with van der Waals surface area (Å²) in [5, 5.41) is 3.36. The Morgan fingerprint density at radius 2 is 1.54 bits per heavy atom. The first-order valence-electron chi connectivity index (χ1n) is 9.18. The molecule has 0 aromatic heterocycles. The molecule has 2 fully saturated rings. The van der Waals surface area contributed by atoms with Crippen LogP contribution in [-0.2, 0) is 4.79 Å². The molecule has 2 aliphatic heterocycles. The largest absolute Gasteiger partial charge is 0.339 e. The average Bonchev–Trinajstić information content (AvgIpc) is 2.61. The topological polar surface area (TPSA) is 55.9 Å². The van der Waals surface area contributed by atoms with Crippen LogP contribution in [0.15, 0.2) is 0 Å². The van der Waals surface area contributed by atoms with E-state index >= 15 is 0 Å². The van der Waals surface area contributed by atoms with Gasteiger partial charge in [0.05, 0.1) is 0 Å². The molecule has 2 rings (SSSR count). The maximum Gasteiger partial charge on any atom is 0.320 e. The molecular weight excluding hydrogens is 328 g/mol. The summed E-state index contributed by atoms with van der Waals surface area (Å²) in [6.45, 7) is 10.3. The van der Waals surface area contributed by atoms with Crippen molar-refractivity contribution in [3.63, 3.8) is 0 Å². The highest BCUT2D eigenvalue weighted by atomic mass is 35.5. The van der Waals surface area contributed by atoms with E-state index in [1.54, 1.807) is 0 Å². The lowest BCUT2D eigenvalue weighted by atomic mass is 9.93. The molecule has 2 saturated heterocycles. The lowest BCUT2D eigenvalue weighted by Crippen LogP contribution is -2.54. The fraction of sp³-hybridized carbons (Fsp3) is 0.882. The molecular formula is C17H33ClN4O2. The van der Waals surface area contributed by atoms with E-state index in [-0.39, 0.29) is 24.3 Å². The maximum absolute atomic E-state index is 12.4. The van der Waals surface area contributed by atoms with Gasteiger partial charge in [-0.25, -0.2) is 4.79 Å². The highest BCUT2D eigenvalue weighted by molar-refractivity contribution is 5.85. The number of halogens is 1. The van der Waals surface area contributed by atoms with Gasteiger partial charge in [-0.1, -0.05) is 0 Å². The summed E-state index contributed by atoms with van der Waals surface area (Å²) in [7, 11) is 0. The Morgan fingerprint density at radius 3 is 2.08 bits per heavy atom. The molecule has 0 atom stereocenters. The quantitative estimate of drug-likeness (QED) is 0.813. The van der Waals surface area contributed by atoms with Gasteiger partial charge in [-0.2, -0.15) is 0 Å². The van der Waals surface area contributed by atoms with Crippen LogP contribution in [-0.4, -0.2) is 79.0 Å². The van der Waals surface area contributed by atoms with Crippen LogP contribution in [0, 0.1) is 5.92 Å². The minimum absolute atomic E-state index is 0. The molecule has 2 heterocycles. The Hall–Kier alpha value is -1.01. The Bertz CT molecular complexity index is 390. The van der Waals surface area contributed by atoms with Crippen LogP contribution < -0.4 is 5.32 Å². The van der Waals surface area contributed by atoms with Crippen molar-refractivity contribution >= 4 is 24.3 Å². The smallest absolute Gasteiger partial charge is 0.320 e.